The Kier molecular flexibility index (Phi) is 4.51. The number of alkyl halides is 10. The van der Waals surface area contributed by atoms with Gasteiger partial charge in [0, 0.05) is 0 Å². The predicted octanol–water partition coefficient (Wildman–Crippen LogP) is 2.72. The van der Waals surface area contributed by atoms with E-state index >= 15 is 0 Å². The van der Waals surface area contributed by atoms with Crippen LogP contribution in [0.1, 0.15) is 0 Å². The molecule has 0 fully saturated rings. The van der Waals surface area contributed by atoms with Crippen molar-refractivity contribution in [2.45, 2.75) is 30.4 Å². The van der Waals surface area contributed by atoms with Crippen LogP contribution in [-0.2, 0) is 4.74 Å². The number of aliphatic hydroxyl groups is 1. The van der Waals surface area contributed by atoms with E-state index in [0.717, 1.165) is 0 Å². The third-order valence-corrected chi connectivity index (χ3v) is 1.53. The Morgan fingerprint density at radius 3 is 1.50 bits per heavy atom. The van der Waals surface area contributed by atoms with Crippen molar-refractivity contribution in [2.24, 2.45) is 0 Å². The second kappa shape index (κ2) is 4.72. The smallest absolute Gasteiger partial charge is 0.366 e. The minimum Gasteiger partial charge on any atom is -0.366 e. The van der Waals surface area contributed by atoms with E-state index in [1.54, 1.807) is 0 Å². The van der Waals surface area contributed by atoms with E-state index < -0.39 is 37.1 Å². The van der Waals surface area contributed by atoms with E-state index in [9.17, 15) is 43.9 Å². The third-order valence-electron chi connectivity index (χ3n) is 1.53. The summed E-state index contributed by atoms with van der Waals surface area (Å²) >= 11 is 0. The molecule has 12 heteroatoms. The maximum Gasteiger partial charge on any atom is 0.460 e. The zero-order chi connectivity index (χ0) is 15.0. The summed E-state index contributed by atoms with van der Waals surface area (Å²) in [6.45, 7) is -2.22. The zero-order valence-corrected chi connectivity index (χ0v) is 7.92. The van der Waals surface area contributed by atoms with Gasteiger partial charge >= 0.3 is 24.1 Å². The van der Waals surface area contributed by atoms with Gasteiger partial charge in [-0.3, -0.25) is 4.74 Å². The Morgan fingerprint density at radius 2 is 1.22 bits per heavy atom. The Bertz CT molecular complexity index is 285. The summed E-state index contributed by atoms with van der Waals surface area (Å²) in [7, 11) is 0. The third kappa shape index (κ3) is 2.79. The number of aliphatic hydroxyl groups excluding tert-OH is 1. The normalized spacial score (nSPS) is 16.8. The molecule has 0 heterocycles. The van der Waals surface area contributed by atoms with Crippen LogP contribution in [0.4, 0.5) is 43.9 Å². The van der Waals surface area contributed by atoms with Crippen LogP contribution in [0.25, 0.3) is 0 Å². The van der Waals surface area contributed by atoms with Crippen molar-refractivity contribution in [3.63, 3.8) is 0 Å². The van der Waals surface area contributed by atoms with Crippen molar-refractivity contribution in [2.75, 3.05) is 6.67 Å². The van der Waals surface area contributed by atoms with Crippen LogP contribution < -0.4 is 0 Å². The quantitative estimate of drug-likeness (QED) is 0.624. The molecule has 0 saturated carbocycles. The molecule has 1 N–H and O–H groups in total. The fraction of sp³-hybridized carbons (Fsp3) is 1.00. The minimum absolute atomic E-state index is 2.22. The summed E-state index contributed by atoms with van der Waals surface area (Å²) in [5.74, 6) is -14.2. The molecule has 0 aliphatic carbocycles. The summed E-state index contributed by atoms with van der Waals surface area (Å²) in [5.41, 5.74) is 0. The number of hydrogen-bond acceptors (Lipinski definition) is 2. The Morgan fingerprint density at radius 1 is 0.833 bits per heavy atom. The van der Waals surface area contributed by atoms with Crippen molar-refractivity contribution in [3.05, 3.63) is 0 Å². The lowest BCUT2D eigenvalue weighted by Crippen LogP contribution is -2.62. The lowest BCUT2D eigenvalue weighted by molar-refractivity contribution is -0.459. The summed E-state index contributed by atoms with van der Waals surface area (Å²) in [6, 6.07) is 0. The first-order chi connectivity index (χ1) is 7.70. The molecular weight excluding hydrogens is 294 g/mol. The Labute approximate surface area is 92.1 Å². The molecule has 0 radical (unpaired) electrons. The molecule has 0 aromatic carbocycles. The summed E-state index contributed by atoms with van der Waals surface area (Å²) in [5, 5.41) is 8.09. The Hall–Kier alpha value is -0.780. The molecule has 0 rings (SSSR count). The summed E-state index contributed by atoms with van der Waals surface area (Å²) < 4.78 is 122. The van der Waals surface area contributed by atoms with Crippen LogP contribution in [0, 0.1) is 0 Å². The van der Waals surface area contributed by atoms with Gasteiger partial charge in [0.2, 0.25) is 0 Å². The lowest BCUT2D eigenvalue weighted by atomic mass is 10.1. The maximum absolute atomic E-state index is 12.4. The fourth-order valence-electron chi connectivity index (χ4n) is 0.637. The standard InChI is InChI=1S/C6H4F10O2/c7-1-2(17)18-6(15,16)4(10,11)3(8,9)5(12,13)14/h2,17H,1H2. The molecule has 0 amide bonds. The first-order valence-electron chi connectivity index (χ1n) is 3.82. The van der Waals surface area contributed by atoms with Crippen molar-refractivity contribution < 1.29 is 53.7 Å². The largest absolute Gasteiger partial charge is 0.460 e. The van der Waals surface area contributed by atoms with Gasteiger partial charge in [-0.1, -0.05) is 0 Å². The SMILES string of the molecule is OC(CF)OC(F)(F)C(F)(F)C(F)(F)C(F)(F)F. The van der Waals surface area contributed by atoms with Crippen LogP contribution in [0.2, 0.25) is 0 Å². The fourth-order valence-corrected chi connectivity index (χ4v) is 0.637. The summed E-state index contributed by atoms with van der Waals surface area (Å²) in [6.07, 6.45) is -16.7. The molecule has 1 atom stereocenters. The van der Waals surface area contributed by atoms with Gasteiger partial charge in [-0.25, -0.2) is 4.39 Å². The number of halogens is 10. The van der Waals surface area contributed by atoms with Crippen LogP contribution >= 0.6 is 0 Å². The predicted molar refractivity (Wildman–Crippen MR) is 34.0 cm³/mol. The van der Waals surface area contributed by atoms with E-state index in [0.29, 0.717) is 0 Å². The van der Waals surface area contributed by atoms with Crippen molar-refractivity contribution in [3.8, 4) is 0 Å². The van der Waals surface area contributed by atoms with E-state index in [1.165, 1.54) is 0 Å². The van der Waals surface area contributed by atoms with E-state index in [1.807, 2.05) is 0 Å². The molecule has 110 valence electrons. The van der Waals surface area contributed by atoms with E-state index in [4.69, 9.17) is 5.11 Å². The molecule has 0 aliphatic rings. The van der Waals surface area contributed by atoms with Gasteiger partial charge in [-0.2, -0.15) is 39.5 Å². The van der Waals surface area contributed by atoms with Crippen LogP contribution in [0.5, 0.6) is 0 Å². The molecule has 0 saturated heterocycles. The number of rotatable bonds is 5. The number of hydrogen-bond donors (Lipinski definition) is 1. The maximum atomic E-state index is 12.4. The molecule has 1 unspecified atom stereocenters. The molecule has 0 bridgehead atoms. The molecule has 0 aromatic rings. The van der Waals surface area contributed by atoms with Gasteiger partial charge in [0.05, 0.1) is 0 Å². The highest BCUT2D eigenvalue weighted by Gasteiger charge is 2.83. The first-order valence-corrected chi connectivity index (χ1v) is 3.82. The van der Waals surface area contributed by atoms with Crippen molar-refractivity contribution >= 4 is 0 Å². The molecule has 0 aliphatic heterocycles. The second-order valence-electron chi connectivity index (χ2n) is 2.89. The Balaban J connectivity index is 5.36. The van der Waals surface area contributed by atoms with Crippen LogP contribution in [-0.4, -0.2) is 42.2 Å². The topological polar surface area (TPSA) is 29.5 Å². The monoisotopic (exact) mass is 298 g/mol. The van der Waals surface area contributed by atoms with Crippen LogP contribution in [0.3, 0.4) is 0 Å². The van der Waals surface area contributed by atoms with Gasteiger partial charge in [0.25, 0.3) is 0 Å². The molecular formula is C6H4F10O2. The zero-order valence-electron chi connectivity index (χ0n) is 7.92. The van der Waals surface area contributed by atoms with Crippen molar-refractivity contribution in [1.82, 2.24) is 0 Å². The average molecular weight is 298 g/mol. The lowest BCUT2D eigenvalue weighted by Gasteiger charge is -2.33. The highest BCUT2D eigenvalue weighted by atomic mass is 19.4. The molecule has 18 heavy (non-hydrogen) atoms. The summed E-state index contributed by atoms with van der Waals surface area (Å²) in [4.78, 5) is 0. The molecule has 2 nitrogen and oxygen atoms in total. The molecule has 0 spiro atoms. The van der Waals surface area contributed by atoms with Gasteiger partial charge < -0.3 is 5.11 Å². The van der Waals surface area contributed by atoms with Crippen molar-refractivity contribution in [1.29, 1.82) is 0 Å². The highest BCUT2D eigenvalue weighted by molar-refractivity contribution is 4.96. The van der Waals surface area contributed by atoms with Gasteiger partial charge in [-0.15, -0.1) is 0 Å². The van der Waals surface area contributed by atoms with Gasteiger partial charge in [0.15, 0.2) is 6.29 Å². The van der Waals surface area contributed by atoms with E-state index in [2.05, 4.69) is 4.74 Å². The van der Waals surface area contributed by atoms with Gasteiger partial charge in [-0.05, 0) is 0 Å². The van der Waals surface area contributed by atoms with Gasteiger partial charge in [0.1, 0.15) is 6.67 Å². The minimum atomic E-state index is -7.14. The average Bonchev–Trinajstić information content (AvgIpc) is 2.14. The van der Waals surface area contributed by atoms with Crippen LogP contribution in [0.15, 0.2) is 0 Å². The van der Waals surface area contributed by atoms with E-state index in [-0.39, 0.29) is 0 Å². The second-order valence-corrected chi connectivity index (χ2v) is 2.89. The molecule has 0 aromatic heterocycles. The first kappa shape index (κ1) is 17.2. The highest BCUT2D eigenvalue weighted by Crippen LogP contribution is 2.53. The number of ether oxygens (including phenoxy) is 1.